The molecule has 1 amide bonds. The summed E-state index contributed by atoms with van der Waals surface area (Å²) in [5, 5.41) is 0. The molecule has 3 rings (SSSR count). The lowest BCUT2D eigenvalue weighted by atomic mass is 9.80. The van der Waals surface area contributed by atoms with E-state index in [0.717, 1.165) is 27.1 Å². The first-order valence-corrected chi connectivity index (χ1v) is 8.48. The van der Waals surface area contributed by atoms with Crippen LogP contribution in [0.3, 0.4) is 0 Å². The summed E-state index contributed by atoms with van der Waals surface area (Å²) in [5.74, 6) is 1.59. The molecule has 0 N–H and O–H groups in total. The number of aromatic nitrogens is 2. The second-order valence-electron chi connectivity index (χ2n) is 6.74. The number of benzene rings is 1. The van der Waals surface area contributed by atoms with Crippen molar-refractivity contribution in [2.24, 2.45) is 5.41 Å². The van der Waals surface area contributed by atoms with E-state index < -0.39 is 5.41 Å². The number of anilines is 1. The highest BCUT2D eigenvalue weighted by molar-refractivity contribution is 9.10. The van der Waals surface area contributed by atoms with Gasteiger partial charge >= 0.3 is 0 Å². The van der Waals surface area contributed by atoms with E-state index in [9.17, 15) is 4.79 Å². The van der Waals surface area contributed by atoms with E-state index in [1.807, 2.05) is 56.9 Å². The number of halogens is 1. The van der Waals surface area contributed by atoms with Gasteiger partial charge in [0.15, 0.2) is 0 Å². The Balaban J connectivity index is 2.07. The minimum absolute atomic E-state index is 0.116. The van der Waals surface area contributed by atoms with Crippen molar-refractivity contribution in [1.82, 2.24) is 9.97 Å². The van der Waals surface area contributed by atoms with E-state index in [-0.39, 0.29) is 5.91 Å². The van der Waals surface area contributed by atoms with Crippen LogP contribution in [0, 0.1) is 19.3 Å². The Morgan fingerprint density at radius 1 is 1.17 bits per heavy atom. The maximum absolute atomic E-state index is 13.0. The fourth-order valence-electron chi connectivity index (χ4n) is 3.05. The van der Waals surface area contributed by atoms with E-state index in [1.54, 1.807) is 0 Å². The molecule has 0 fully saturated rings. The highest BCUT2D eigenvalue weighted by Crippen LogP contribution is 2.38. The van der Waals surface area contributed by atoms with E-state index in [0.29, 0.717) is 18.8 Å². The van der Waals surface area contributed by atoms with Crippen molar-refractivity contribution in [2.45, 2.75) is 40.7 Å². The van der Waals surface area contributed by atoms with Gasteiger partial charge in [0.25, 0.3) is 0 Å². The van der Waals surface area contributed by atoms with E-state index in [1.165, 1.54) is 0 Å². The van der Waals surface area contributed by atoms with Crippen LogP contribution in [-0.4, -0.2) is 15.9 Å². The third-order valence-electron chi connectivity index (χ3n) is 4.26. The molecule has 0 unspecified atom stereocenters. The molecule has 0 atom stereocenters. The monoisotopic (exact) mass is 373 g/mol. The van der Waals surface area contributed by atoms with Crippen molar-refractivity contribution in [3.63, 3.8) is 0 Å². The first kappa shape index (κ1) is 16.1. The smallest absolute Gasteiger partial charge is 0.234 e. The number of fused-ring (bicyclic) bond motifs is 1. The Morgan fingerprint density at radius 2 is 1.83 bits per heavy atom. The number of hydrogen-bond acceptors (Lipinski definition) is 3. The molecule has 1 aliphatic rings. The molecule has 2 heterocycles. The quantitative estimate of drug-likeness (QED) is 0.799. The van der Waals surface area contributed by atoms with Gasteiger partial charge in [-0.05, 0) is 38.0 Å². The summed E-state index contributed by atoms with van der Waals surface area (Å²) >= 11 is 3.44. The van der Waals surface area contributed by atoms with Crippen LogP contribution in [0.5, 0.6) is 0 Å². The summed E-state index contributed by atoms with van der Waals surface area (Å²) in [6.45, 7) is 8.38. The molecule has 4 nitrogen and oxygen atoms in total. The average molecular weight is 374 g/mol. The van der Waals surface area contributed by atoms with Crippen molar-refractivity contribution in [3.8, 4) is 0 Å². The summed E-state index contributed by atoms with van der Waals surface area (Å²) in [5.41, 5.74) is 2.69. The van der Waals surface area contributed by atoms with Gasteiger partial charge in [0.2, 0.25) is 5.91 Å². The normalized spacial score (nSPS) is 16.4. The summed E-state index contributed by atoms with van der Waals surface area (Å²) < 4.78 is 1.03. The molecule has 2 aromatic rings. The highest BCUT2D eigenvalue weighted by atomic mass is 79.9. The van der Waals surface area contributed by atoms with Crippen LogP contribution < -0.4 is 4.90 Å². The number of aryl methyl sites for hydroxylation is 2. The maximum Gasteiger partial charge on any atom is 0.234 e. The van der Waals surface area contributed by atoms with Crippen LogP contribution in [-0.2, 0) is 17.8 Å². The third-order valence-corrected chi connectivity index (χ3v) is 4.78. The van der Waals surface area contributed by atoms with Crippen LogP contribution in [0.15, 0.2) is 28.7 Å². The van der Waals surface area contributed by atoms with E-state index in [4.69, 9.17) is 0 Å². The predicted octanol–water partition coefficient (Wildman–Crippen LogP) is 3.97. The number of rotatable bonds is 2. The zero-order valence-corrected chi connectivity index (χ0v) is 15.4. The third kappa shape index (κ3) is 3.02. The minimum Gasteiger partial charge on any atom is -0.292 e. The highest BCUT2D eigenvalue weighted by Gasteiger charge is 2.40. The van der Waals surface area contributed by atoms with Gasteiger partial charge in [-0.2, -0.15) is 0 Å². The minimum atomic E-state index is -0.439. The Labute approximate surface area is 145 Å². The molecule has 5 heteroatoms. The molecule has 0 saturated carbocycles. The molecule has 1 aliphatic heterocycles. The SMILES string of the molecule is Cc1nc(C)c2c(n1)N(Cc1ccc(Br)cc1)C(=O)C(C)(C)C2. The van der Waals surface area contributed by atoms with Crippen molar-refractivity contribution in [3.05, 3.63) is 51.4 Å². The Morgan fingerprint density at radius 3 is 2.48 bits per heavy atom. The fraction of sp³-hybridized carbons (Fsp3) is 0.389. The number of carbonyl (C=O) groups is 1. The summed E-state index contributed by atoms with van der Waals surface area (Å²) in [7, 11) is 0. The summed E-state index contributed by atoms with van der Waals surface area (Å²) in [6, 6.07) is 8.04. The molecule has 0 aliphatic carbocycles. The molecule has 1 aromatic carbocycles. The first-order chi connectivity index (χ1) is 10.8. The summed E-state index contributed by atoms with van der Waals surface area (Å²) in [6.07, 6.45) is 0.685. The van der Waals surface area contributed by atoms with Gasteiger partial charge in [0.1, 0.15) is 11.6 Å². The molecule has 1 aromatic heterocycles. The van der Waals surface area contributed by atoms with Gasteiger partial charge in [-0.25, -0.2) is 9.97 Å². The Hall–Kier alpha value is -1.75. The fourth-order valence-corrected chi connectivity index (χ4v) is 3.31. The number of nitrogens with zero attached hydrogens (tertiary/aromatic N) is 3. The Bertz CT molecular complexity index is 769. The molecule has 0 spiro atoms. The number of amides is 1. The standard InChI is InChI=1S/C18H20BrN3O/c1-11-15-9-18(3,4)17(23)22(16(15)21-12(2)20-11)10-13-5-7-14(19)8-6-13/h5-8H,9-10H2,1-4H3. The molecule has 23 heavy (non-hydrogen) atoms. The molecule has 0 saturated heterocycles. The van der Waals surface area contributed by atoms with Gasteiger partial charge in [-0.1, -0.05) is 41.9 Å². The Kier molecular flexibility index (Phi) is 4.00. The van der Waals surface area contributed by atoms with Crippen LogP contribution in [0.4, 0.5) is 5.82 Å². The molecular formula is C18H20BrN3O. The zero-order valence-electron chi connectivity index (χ0n) is 13.9. The number of carbonyl (C=O) groups excluding carboxylic acids is 1. The second-order valence-corrected chi connectivity index (χ2v) is 7.65. The lowest BCUT2D eigenvalue weighted by molar-refractivity contribution is -0.127. The summed E-state index contributed by atoms with van der Waals surface area (Å²) in [4.78, 5) is 23.8. The van der Waals surface area contributed by atoms with Crippen LogP contribution in [0.1, 0.15) is 36.5 Å². The zero-order chi connectivity index (χ0) is 16.8. The lowest BCUT2D eigenvalue weighted by Crippen LogP contribution is -2.46. The van der Waals surface area contributed by atoms with Gasteiger partial charge in [-0.15, -0.1) is 0 Å². The number of hydrogen-bond donors (Lipinski definition) is 0. The molecule has 0 bridgehead atoms. The van der Waals surface area contributed by atoms with E-state index >= 15 is 0 Å². The first-order valence-electron chi connectivity index (χ1n) is 7.68. The van der Waals surface area contributed by atoms with Crippen molar-refractivity contribution < 1.29 is 4.79 Å². The van der Waals surface area contributed by atoms with Crippen molar-refractivity contribution >= 4 is 27.7 Å². The van der Waals surface area contributed by atoms with Crippen molar-refractivity contribution in [2.75, 3.05) is 4.90 Å². The largest absolute Gasteiger partial charge is 0.292 e. The molecule has 0 radical (unpaired) electrons. The van der Waals surface area contributed by atoms with Crippen LogP contribution >= 0.6 is 15.9 Å². The van der Waals surface area contributed by atoms with Gasteiger partial charge in [0.05, 0.1) is 6.54 Å². The topological polar surface area (TPSA) is 46.1 Å². The lowest BCUT2D eigenvalue weighted by Gasteiger charge is -2.38. The van der Waals surface area contributed by atoms with Crippen molar-refractivity contribution in [1.29, 1.82) is 0 Å². The average Bonchev–Trinajstić information content (AvgIpc) is 2.47. The van der Waals surface area contributed by atoms with E-state index in [2.05, 4.69) is 25.9 Å². The second kappa shape index (κ2) is 5.71. The van der Waals surface area contributed by atoms with Crippen LogP contribution in [0.2, 0.25) is 0 Å². The predicted molar refractivity (Wildman–Crippen MR) is 94.3 cm³/mol. The van der Waals surface area contributed by atoms with Gasteiger partial charge < -0.3 is 0 Å². The van der Waals surface area contributed by atoms with Gasteiger partial charge in [-0.3, -0.25) is 9.69 Å². The maximum atomic E-state index is 13.0. The van der Waals surface area contributed by atoms with Gasteiger partial charge in [0, 0.05) is 21.1 Å². The molecule has 120 valence electrons. The molecular weight excluding hydrogens is 354 g/mol. The van der Waals surface area contributed by atoms with Crippen LogP contribution in [0.25, 0.3) is 0 Å².